The smallest absolute Gasteiger partial charge is 0.228 e. The van der Waals surface area contributed by atoms with Gasteiger partial charge in [-0.3, -0.25) is 9.59 Å². The van der Waals surface area contributed by atoms with E-state index < -0.39 is 0 Å². The normalized spacial score (nSPS) is 19.4. The number of hydrogen-bond acceptors (Lipinski definition) is 4. The standard InChI is InChI=1S/C15H19ClN2O4/c1-21-6-5-17-14(19)10-8-11(10)15(20)18-12-7-9(16)3-4-13(12)22-2/h3-4,7,10-11H,5-6,8H2,1-2H3,(H,17,19)(H,18,20). The van der Waals surface area contributed by atoms with E-state index in [9.17, 15) is 9.59 Å². The van der Waals surface area contributed by atoms with Gasteiger partial charge < -0.3 is 20.1 Å². The highest BCUT2D eigenvalue weighted by Crippen LogP contribution is 2.40. The number of halogens is 1. The summed E-state index contributed by atoms with van der Waals surface area (Å²) in [4.78, 5) is 24.0. The van der Waals surface area contributed by atoms with Crippen LogP contribution in [0.2, 0.25) is 5.02 Å². The fourth-order valence-electron chi connectivity index (χ4n) is 2.19. The summed E-state index contributed by atoms with van der Waals surface area (Å²) >= 11 is 5.92. The third-order valence-corrected chi connectivity index (χ3v) is 3.72. The van der Waals surface area contributed by atoms with Gasteiger partial charge in [-0.1, -0.05) is 11.6 Å². The molecule has 2 N–H and O–H groups in total. The Balaban J connectivity index is 1.89. The third-order valence-electron chi connectivity index (χ3n) is 3.49. The van der Waals surface area contributed by atoms with Crippen LogP contribution in [0.15, 0.2) is 18.2 Å². The van der Waals surface area contributed by atoms with Crippen molar-refractivity contribution >= 4 is 29.1 Å². The van der Waals surface area contributed by atoms with Crippen molar-refractivity contribution < 1.29 is 19.1 Å². The van der Waals surface area contributed by atoms with Crippen molar-refractivity contribution in [3.63, 3.8) is 0 Å². The fourth-order valence-corrected chi connectivity index (χ4v) is 2.36. The molecule has 2 amide bonds. The first-order valence-corrected chi connectivity index (χ1v) is 7.35. The molecule has 0 aromatic heterocycles. The zero-order valence-corrected chi connectivity index (χ0v) is 13.3. The van der Waals surface area contributed by atoms with Crippen molar-refractivity contribution in [3.05, 3.63) is 23.2 Å². The summed E-state index contributed by atoms with van der Waals surface area (Å²) in [5.41, 5.74) is 0.505. The summed E-state index contributed by atoms with van der Waals surface area (Å²) in [7, 11) is 3.08. The molecule has 0 radical (unpaired) electrons. The van der Waals surface area contributed by atoms with Crippen molar-refractivity contribution in [3.8, 4) is 5.75 Å². The van der Waals surface area contributed by atoms with Crippen LogP contribution in [0, 0.1) is 11.8 Å². The molecular formula is C15H19ClN2O4. The van der Waals surface area contributed by atoms with Gasteiger partial charge in [0, 0.05) is 18.7 Å². The Morgan fingerprint density at radius 3 is 2.68 bits per heavy atom. The minimum Gasteiger partial charge on any atom is -0.495 e. The van der Waals surface area contributed by atoms with Gasteiger partial charge in [0.25, 0.3) is 0 Å². The number of carbonyl (C=O) groups is 2. The number of rotatable bonds is 7. The maximum absolute atomic E-state index is 12.2. The quantitative estimate of drug-likeness (QED) is 0.748. The lowest BCUT2D eigenvalue weighted by molar-refractivity contribution is -0.125. The van der Waals surface area contributed by atoms with E-state index in [0.29, 0.717) is 36.0 Å². The van der Waals surface area contributed by atoms with Crippen LogP contribution in [0.3, 0.4) is 0 Å². The molecule has 0 saturated heterocycles. The van der Waals surface area contributed by atoms with E-state index in [0.717, 1.165) is 0 Å². The molecule has 22 heavy (non-hydrogen) atoms. The number of nitrogens with one attached hydrogen (secondary N) is 2. The lowest BCUT2D eigenvalue weighted by Gasteiger charge is -2.10. The van der Waals surface area contributed by atoms with Gasteiger partial charge in [-0.2, -0.15) is 0 Å². The summed E-state index contributed by atoms with van der Waals surface area (Å²) in [5.74, 6) is -0.379. The molecule has 1 aliphatic carbocycles. The van der Waals surface area contributed by atoms with Crippen LogP contribution in [0.25, 0.3) is 0 Å². The van der Waals surface area contributed by atoms with E-state index in [-0.39, 0.29) is 23.7 Å². The van der Waals surface area contributed by atoms with Crippen LogP contribution in [0.1, 0.15) is 6.42 Å². The number of amides is 2. The summed E-state index contributed by atoms with van der Waals surface area (Å²) in [6.45, 7) is 0.900. The van der Waals surface area contributed by atoms with Crippen LogP contribution in [0.4, 0.5) is 5.69 Å². The summed E-state index contributed by atoms with van der Waals surface area (Å²) < 4.78 is 10.0. The Labute approximate surface area is 134 Å². The fraction of sp³-hybridized carbons (Fsp3) is 0.467. The molecule has 0 bridgehead atoms. The van der Waals surface area contributed by atoms with Gasteiger partial charge in [0.2, 0.25) is 11.8 Å². The average Bonchev–Trinajstić information content (AvgIpc) is 3.28. The van der Waals surface area contributed by atoms with Gasteiger partial charge in [-0.15, -0.1) is 0 Å². The van der Waals surface area contributed by atoms with Crippen molar-refractivity contribution in [1.29, 1.82) is 0 Å². The molecule has 120 valence electrons. The highest BCUT2D eigenvalue weighted by atomic mass is 35.5. The van der Waals surface area contributed by atoms with Crippen LogP contribution in [-0.2, 0) is 14.3 Å². The van der Waals surface area contributed by atoms with E-state index in [1.54, 1.807) is 25.3 Å². The van der Waals surface area contributed by atoms with Crippen LogP contribution < -0.4 is 15.4 Å². The first kappa shape index (κ1) is 16.6. The van der Waals surface area contributed by atoms with Gasteiger partial charge >= 0.3 is 0 Å². The van der Waals surface area contributed by atoms with Crippen molar-refractivity contribution in [2.45, 2.75) is 6.42 Å². The first-order valence-electron chi connectivity index (χ1n) is 6.98. The van der Waals surface area contributed by atoms with Gasteiger partial charge in [0.05, 0.1) is 31.2 Å². The van der Waals surface area contributed by atoms with E-state index >= 15 is 0 Å². The topological polar surface area (TPSA) is 76.7 Å². The Hall–Kier alpha value is -1.79. The minimum atomic E-state index is -0.314. The Kier molecular flexibility index (Phi) is 5.63. The summed E-state index contributed by atoms with van der Waals surface area (Å²) in [5, 5.41) is 6.00. The second kappa shape index (κ2) is 7.47. The van der Waals surface area contributed by atoms with E-state index in [1.165, 1.54) is 7.11 Å². The van der Waals surface area contributed by atoms with Crippen molar-refractivity contribution in [2.24, 2.45) is 11.8 Å². The number of methoxy groups -OCH3 is 2. The second-order valence-corrected chi connectivity index (χ2v) is 5.50. The zero-order valence-electron chi connectivity index (χ0n) is 12.5. The molecule has 2 rings (SSSR count). The van der Waals surface area contributed by atoms with Crippen LogP contribution in [-0.4, -0.2) is 39.2 Å². The highest BCUT2D eigenvalue weighted by Gasteiger charge is 2.48. The molecule has 2 atom stereocenters. The molecule has 2 unspecified atom stereocenters. The molecule has 6 nitrogen and oxygen atoms in total. The Morgan fingerprint density at radius 2 is 2.00 bits per heavy atom. The zero-order chi connectivity index (χ0) is 16.1. The first-order chi connectivity index (χ1) is 10.6. The van der Waals surface area contributed by atoms with Crippen molar-refractivity contribution in [1.82, 2.24) is 5.32 Å². The largest absolute Gasteiger partial charge is 0.495 e. The number of benzene rings is 1. The highest BCUT2D eigenvalue weighted by molar-refractivity contribution is 6.31. The lowest BCUT2D eigenvalue weighted by Crippen LogP contribution is -2.30. The summed E-state index contributed by atoms with van der Waals surface area (Å²) in [6.07, 6.45) is 0.549. The van der Waals surface area contributed by atoms with Gasteiger partial charge in [0.15, 0.2) is 0 Å². The minimum absolute atomic E-state index is 0.116. The van der Waals surface area contributed by atoms with Crippen LogP contribution in [0.5, 0.6) is 5.75 Å². The number of ether oxygens (including phenoxy) is 2. The Bertz CT molecular complexity index is 564. The second-order valence-electron chi connectivity index (χ2n) is 5.07. The SMILES string of the molecule is COCCNC(=O)C1CC1C(=O)Nc1cc(Cl)ccc1OC. The molecule has 0 spiro atoms. The third kappa shape index (κ3) is 4.11. The predicted octanol–water partition coefficient (Wildman–Crippen LogP) is 1.69. The predicted molar refractivity (Wildman–Crippen MR) is 83.1 cm³/mol. The maximum atomic E-state index is 12.2. The molecule has 1 saturated carbocycles. The molecule has 1 aromatic carbocycles. The van der Waals surface area contributed by atoms with Crippen LogP contribution >= 0.6 is 11.6 Å². The van der Waals surface area contributed by atoms with Crippen molar-refractivity contribution in [2.75, 3.05) is 32.7 Å². The molecular weight excluding hydrogens is 308 g/mol. The number of hydrogen-bond donors (Lipinski definition) is 2. The van der Waals surface area contributed by atoms with Gasteiger partial charge in [-0.05, 0) is 24.6 Å². The molecule has 7 heteroatoms. The summed E-state index contributed by atoms with van der Waals surface area (Å²) in [6, 6.07) is 4.98. The lowest BCUT2D eigenvalue weighted by atomic mass is 10.2. The average molecular weight is 327 g/mol. The molecule has 0 aliphatic heterocycles. The molecule has 1 fully saturated rings. The number of carbonyl (C=O) groups excluding carboxylic acids is 2. The molecule has 1 aromatic rings. The van der Waals surface area contributed by atoms with Gasteiger partial charge in [-0.25, -0.2) is 0 Å². The maximum Gasteiger partial charge on any atom is 0.228 e. The monoisotopic (exact) mass is 326 g/mol. The molecule has 0 heterocycles. The van der Waals surface area contributed by atoms with E-state index in [2.05, 4.69) is 10.6 Å². The van der Waals surface area contributed by atoms with Gasteiger partial charge in [0.1, 0.15) is 5.75 Å². The molecule has 1 aliphatic rings. The number of anilines is 1. The van der Waals surface area contributed by atoms with E-state index in [4.69, 9.17) is 21.1 Å². The van der Waals surface area contributed by atoms with E-state index in [1.807, 2.05) is 0 Å². The Morgan fingerprint density at radius 1 is 1.27 bits per heavy atom.